The van der Waals surface area contributed by atoms with Crippen LogP contribution in [0.2, 0.25) is 0 Å². The van der Waals surface area contributed by atoms with E-state index in [1.165, 1.54) is 24.8 Å². The normalized spacial score (nSPS) is 12.2. The molecule has 0 saturated carbocycles. The Morgan fingerprint density at radius 3 is 2.39 bits per heavy atom. The molecule has 3 heteroatoms. The third-order valence-corrected chi connectivity index (χ3v) is 3.25. The number of hydrogen-bond donors (Lipinski definition) is 1. The zero-order valence-electron chi connectivity index (χ0n) is 12.0. The SMILES string of the molecule is CCCCCC(NC)c1ccc(OC)c(OC)c1. The van der Waals surface area contributed by atoms with E-state index < -0.39 is 0 Å². The van der Waals surface area contributed by atoms with Crippen molar-refractivity contribution in [3.8, 4) is 11.5 Å². The van der Waals surface area contributed by atoms with E-state index in [1.807, 2.05) is 13.1 Å². The molecule has 1 N–H and O–H groups in total. The largest absolute Gasteiger partial charge is 0.493 e. The predicted octanol–water partition coefficient (Wildman–Crippen LogP) is 3.54. The molecular weight excluding hydrogens is 226 g/mol. The lowest BCUT2D eigenvalue weighted by molar-refractivity contribution is 0.353. The molecule has 0 fully saturated rings. The van der Waals surface area contributed by atoms with E-state index in [1.54, 1.807) is 14.2 Å². The van der Waals surface area contributed by atoms with E-state index in [-0.39, 0.29) is 0 Å². The van der Waals surface area contributed by atoms with E-state index >= 15 is 0 Å². The Kier molecular flexibility index (Phi) is 6.58. The average Bonchev–Trinajstić information content (AvgIpc) is 2.43. The molecule has 1 aromatic carbocycles. The summed E-state index contributed by atoms with van der Waals surface area (Å²) in [5.74, 6) is 1.58. The van der Waals surface area contributed by atoms with Gasteiger partial charge in [0.15, 0.2) is 11.5 Å². The van der Waals surface area contributed by atoms with Crippen molar-refractivity contribution in [2.24, 2.45) is 0 Å². The molecule has 1 rings (SSSR count). The molecule has 0 saturated heterocycles. The maximum atomic E-state index is 5.34. The average molecular weight is 251 g/mol. The van der Waals surface area contributed by atoms with Crippen molar-refractivity contribution in [2.75, 3.05) is 21.3 Å². The molecule has 0 aromatic heterocycles. The smallest absolute Gasteiger partial charge is 0.161 e. The van der Waals surface area contributed by atoms with Crippen LogP contribution in [0.3, 0.4) is 0 Å². The zero-order valence-corrected chi connectivity index (χ0v) is 12.0. The fourth-order valence-corrected chi connectivity index (χ4v) is 2.15. The Morgan fingerprint density at radius 1 is 1.11 bits per heavy atom. The van der Waals surface area contributed by atoms with Gasteiger partial charge in [0.25, 0.3) is 0 Å². The third kappa shape index (κ3) is 3.91. The van der Waals surface area contributed by atoms with Crippen molar-refractivity contribution >= 4 is 0 Å². The molecule has 0 aliphatic carbocycles. The number of ether oxygens (including phenoxy) is 2. The van der Waals surface area contributed by atoms with Gasteiger partial charge in [-0.25, -0.2) is 0 Å². The molecular formula is C15H25NO2. The molecule has 1 unspecified atom stereocenters. The number of unbranched alkanes of at least 4 members (excludes halogenated alkanes) is 2. The van der Waals surface area contributed by atoms with Crippen LogP contribution in [-0.2, 0) is 0 Å². The summed E-state index contributed by atoms with van der Waals surface area (Å²) in [6, 6.07) is 6.52. The van der Waals surface area contributed by atoms with Gasteiger partial charge in [0.05, 0.1) is 14.2 Å². The first-order valence-electron chi connectivity index (χ1n) is 6.66. The van der Waals surface area contributed by atoms with Crippen molar-refractivity contribution in [2.45, 2.75) is 38.6 Å². The lowest BCUT2D eigenvalue weighted by atomic mass is 10.00. The molecule has 1 atom stereocenters. The van der Waals surface area contributed by atoms with Gasteiger partial charge in [0, 0.05) is 6.04 Å². The van der Waals surface area contributed by atoms with Crippen LogP contribution in [0, 0.1) is 0 Å². The first-order chi connectivity index (χ1) is 8.76. The maximum absolute atomic E-state index is 5.34. The third-order valence-electron chi connectivity index (χ3n) is 3.25. The van der Waals surface area contributed by atoms with Gasteiger partial charge in [-0.1, -0.05) is 32.3 Å². The molecule has 102 valence electrons. The topological polar surface area (TPSA) is 30.5 Å². The highest BCUT2D eigenvalue weighted by atomic mass is 16.5. The van der Waals surface area contributed by atoms with Crippen LogP contribution < -0.4 is 14.8 Å². The van der Waals surface area contributed by atoms with Gasteiger partial charge >= 0.3 is 0 Å². The Morgan fingerprint density at radius 2 is 1.83 bits per heavy atom. The van der Waals surface area contributed by atoms with Crippen LogP contribution in [0.15, 0.2) is 18.2 Å². The summed E-state index contributed by atoms with van der Waals surface area (Å²) in [6.45, 7) is 2.23. The van der Waals surface area contributed by atoms with Crippen LogP contribution in [0.25, 0.3) is 0 Å². The minimum absolute atomic E-state index is 0.386. The summed E-state index contributed by atoms with van der Waals surface area (Å²) in [4.78, 5) is 0. The number of methoxy groups -OCH3 is 2. The molecule has 0 amide bonds. The van der Waals surface area contributed by atoms with Crippen LogP contribution in [0.5, 0.6) is 11.5 Å². The van der Waals surface area contributed by atoms with E-state index in [0.29, 0.717) is 6.04 Å². The maximum Gasteiger partial charge on any atom is 0.161 e. The molecule has 0 spiro atoms. The highest BCUT2D eigenvalue weighted by molar-refractivity contribution is 5.43. The van der Waals surface area contributed by atoms with Crippen molar-refractivity contribution < 1.29 is 9.47 Å². The van der Waals surface area contributed by atoms with Gasteiger partial charge in [-0.2, -0.15) is 0 Å². The van der Waals surface area contributed by atoms with Gasteiger partial charge in [0.2, 0.25) is 0 Å². The van der Waals surface area contributed by atoms with Crippen molar-refractivity contribution in [1.29, 1.82) is 0 Å². The van der Waals surface area contributed by atoms with Crippen LogP contribution in [0.4, 0.5) is 0 Å². The van der Waals surface area contributed by atoms with E-state index in [2.05, 4.69) is 24.4 Å². The Bertz CT molecular complexity index is 352. The fraction of sp³-hybridized carbons (Fsp3) is 0.600. The Hall–Kier alpha value is -1.22. The first kappa shape index (κ1) is 14.8. The van der Waals surface area contributed by atoms with Crippen LogP contribution in [0.1, 0.15) is 44.2 Å². The van der Waals surface area contributed by atoms with Gasteiger partial charge in [-0.15, -0.1) is 0 Å². The molecule has 3 nitrogen and oxygen atoms in total. The first-order valence-corrected chi connectivity index (χ1v) is 6.66. The van der Waals surface area contributed by atoms with Gasteiger partial charge < -0.3 is 14.8 Å². The highest BCUT2D eigenvalue weighted by Gasteiger charge is 2.12. The molecule has 1 aromatic rings. The van der Waals surface area contributed by atoms with Crippen molar-refractivity contribution in [3.63, 3.8) is 0 Å². The number of nitrogens with one attached hydrogen (secondary N) is 1. The van der Waals surface area contributed by atoms with E-state index in [0.717, 1.165) is 17.9 Å². The van der Waals surface area contributed by atoms with Gasteiger partial charge in [-0.05, 0) is 31.2 Å². The lowest BCUT2D eigenvalue weighted by Gasteiger charge is -2.18. The Balaban J connectivity index is 2.79. The van der Waals surface area contributed by atoms with Crippen molar-refractivity contribution in [3.05, 3.63) is 23.8 Å². The zero-order chi connectivity index (χ0) is 13.4. The van der Waals surface area contributed by atoms with Gasteiger partial charge in [0.1, 0.15) is 0 Å². The second-order valence-electron chi connectivity index (χ2n) is 4.45. The second kappa shape index (κ2) is 7.98. The number of benzene rings is 1. The van der Waals surface area contributed by atoms with Crippen LogP contribution in [-0.4, -0.2) is 21.3 Å². The number of rotatable bonds is 8. The van der Waals surface area contributed by atoms with E-state index in [9.17, 15) is 0 Å². The molecule has 0 aliphatic rings. The standard InChI is InChI=1S/C15H25NO2/c1-5-6-7-8-13(16-2)12-9-10-14(17-3)15(11-12)18-4/h9-11,13,16H,5-8H2,1-4H3. The molecule has 0 radical (unpaired) electrons. The van der Waals surface area contributed by atoms with E-state index in [4.69, 9.17) is 9.47 Å². The Labute approximate surface area is 110 Å². The van der Waals surface area contributed by atoms with Crippen molar-refractivity contribution in [1.82, 2.24) is 5.32 Å². The summed E-state index contributed by atoms with van der Waals surface area (Å²) in [5.41, 5.74) is 1.26. The molecule has 18 heavy (non-hydrogen) atoms. The lowest BCUT2D eigenvalue weighted by Crippen LogP contribution is -2.16. The monoisotopic (exact) mass is 251 g/mol. The summed E-state index contributed by atoms with van der Waals surface area (Å²) < 4.78 is 10.6. The fourth-order valence-electron chi connectivity index (χ4n) is 2.15. The second-order valence-corrected chi connectivity index (χ2v) is 4.45. The predicted molar refractivity (Wildman–Crippen MR) is 75.5 cm³/mol. The molecule has 0 bridgehead atoms. The van der Waals surface area contributed by atoms with Crippen LogP contribution >= 0.6 is 0 Å². The summed E-state index contributed by atoms with van der Waals surface area (Å²) in [6.07, 6.45) is 4.93. The quantitative estimate of drug-likeness (QED) is 0.717. The van der Waals surface area contributed by atoms with Gasteiger partial charge in [-0.3, -0.25) is 0 Å². The summed E-state index contributed by atoms with van der Waals surface area (Å²) in [5, 5.41) is 3.37. The number of hydrogen-bond acceptors (Lipinski definition) is 3. The molecule has 0 aliphatic heterocycles. The minimum Gasteiger partial charge on any atom is -0.493 e. The minimum atomic E-state index is 0.386. The highest BCUT2D eigenvalue weighted by Crippen LogP contribution is 2.31. The molecule has 0 heterocycles. The summed E-state index contributed by atoms with van der Waals surface area (Å²) in [7, 11) is 5.34. The summed E-state index contributed by atoms with van der Waals surface area (Å²) >= 11 is 0.